The summed E-state index contributed by atoms with van der Waals surface area (Å²) in [5, 5.41) is 4.04. The number of hydrogen-bond donors (Lipinski definition) is 1. The molecule has 2 aromatic rings. The summed E-state index contributed by atoms with van der Waals surface area (Å²) in [5.41, 5.74) is 3.15. The summed E-state index contributed by atoms with van der Waals surface area (Å²) in [7, 11) is 0. The molecule has 1 N–H and O–H groups in total. The van der Waals surface area contributed by atoms with Gasteiger partial charge in [-0.2, -0.15) is 0 Å². The molecule has 0 aliphatic carbocycles. The standard InChI is InChI=1S/C16H19ClN2O/c1-4-18-9-13-5-6-15(19-10-13)20-14-7-11(2)16(17)12(3)8-14/h5-8,10,18H,4,9H2,1-3H3. The number of aromatic nitrogens is 1. The molecule has 106 valence electrons. The molecule has 0 unspecified atom stereocenters. The van der Waals surface area contributed by atoms with Crippen molar-refractivity contribution in [2.24, 2.45) is 0 Å². The lowest BCUT2D eigenvalue weighted by Crippen LogP contribution is -2.11. The molecule has 0 radical (unpaired) electrons. The average Bonchev–Trinajstić information content (AvgIpc) is 2.44. The number of nitrogens with zero attached hydrogens (tertiary/aromatic N) is 1. The first-order chi connectivity index (χ1) is 9.60. The molecule has 2 rings (SSSR count). The Labute approximate surface area is 124 Å². The van der Waals surface area contributed by atoms with Crippen molar-refractivity contribution in [2.45, 2.75) is 27.3 Å². The molecule has 0 saturated heterocycles. The fraction of sp³-hybridized carbons (Fsp3) is 0.312. The summed E-state index contributed by atoms with van der Waals surface area (Å²) in [4.78, 5) is 4.31. The van der Waals surface area contributed by atoms with E-state index in [0.29, 0.717) is 5.88 Å². The molecule has 0 aliphatic heterocycles. The Morgan fingerprint density at radius 3 is 2.45 bits per heavy atom. The molecular formula is C16H19ClN2O. The summed E-state index contributed by atoms with van der Waals surface area (Å²) in [5.74, 6) is 1.35. The number of halogens is 1. The highest BCUT2D eigenvalue weighted by atomic mass is 35.5. The van der Waals surface area contributed by atoms with Crippen molar-refractivity contribution in [1.29, 1.82) is 0 Å². The van der Waals surface area contributed by atoms with Gasteiger partial charge >= 0.3 is 0 Å². The van der Waals surface area contributed by atoms with Crippen LogP contribution in [0.5, 0.6) is 11.6 Å². The van der Waals surface area contributed by atoms with Crippen LogP contribution in [0, 0.1) is 13.8 Å². The first-order valence-corrected chi connectivity index (χ1v) is 7.08. The second-order valence-electron chi connectivity index (χ2n) is 4.76. The predicted molar refractivity (Wildman–Crippen MR) is 82.6 cm³/mol. The molecule has 4 heteroatoms. The largest absolute Gasteiger partial charge is 0.439 e. The monoisotopic (exact) mass is 290 g/mol. The minimum atomic E-state index is 0.589. The number of aryl methyl sites for hydroxylation is 2. The van der Waals surface area contributed by atoms with Crippen LogP contribution in [0.3, 0.4) is 0 Å². The maximum atomic E-state index is 6.14. The molecule has 20 heavy (non-hydrogen) atoms. The van der Waals surface area contributed by atoms with E-state index in [-0.39, 0.29) is 0 Å². The fourth-order valence-corrected chi connectivity index (χ4v) is 2.04. The van der Waals surface area contributed by atoms with Crippen molar-refractivity contribution in [1.82, 2.24) is 10.3 Å². The van der Waals surface area contributed by atoms with Crippen LogP contribution in [0.1, 0.15) is 23.6 Å². The zero-order valence-electron chi connectivity index (χ0n) is 12.0. The van der Waals surface area contributed by atoms with Crippen LogP contribution in [0.15, 0.2) is 30.5 Å². The van der Waals surface area contributed by atoms with Crippen molar-refractivity contribution in [3.8, 4) is 11.6 Å². The highest BCUT2D eigenvalue weighted by Crippen LogP contribution is 2.28. The fourth-order valence-electron chi connectivity index (χ4n) is 1.93. The van der Waals surface area contributed by atoms with Crippen LogP contribution in [0.4, 0.5) is 0 Å². The first-order valence-electron chi connectivity index (χ1n) is 6.70. The van der Waals surface area contributed by atoms with Gasteiger partial charge in [0.25, 0.3) is 0 Å². The SMILES string of the molecule is CCNCc1ccc(Oc2cc(C)c(Cl)c(C)c2)nc1. The van der Waals surface area contributed by atoms with E-state index in [1.165, 1.54) is 0 Å². The van der Waals surface area contributed by atoms with Gasteiger partial charge in [-0.15, -0.1) is 0 Å². The maximum Gasteiger partial charge on any atom is 0.219 e. The Hall–Kier alpha value is -1.58. The van der Waals surface area contributed by atoms with Crippen LogP contribution in [0.2, 0.25) is 5.02 Å². The van der Waals surface area contributed by atoms with Gasteiger partial charge in [0, 0.05) is 23.8 Å². The van der Waals surface area contributed by atoms with Gasteiger partial charge in [-0.25, -0.2) is 4.98 Å². The first kappa shape index (κ1) is 14.8. The van der Waals surface area contributed by atoms with E-state index in [0.717, 1.165) is 40.6 Å². The summed E-state index contributed by atoms with van der Waals surface area (Å²) in [6.45, 7) is 7.78. The lowest BCUT2D eigenvalue weighted by Gasteiger charge is -2.09. The second kappa shape index (κ2) is 6.73. The van der Waals surface area contributed by atoms with Gasteiger partial charge in [0.15, 0.2) is 0 Å². The van der Waals surface area contributed by atoms with Crippen molar-refractivity contribution >= 4 is 11.6 Å². The number of pyridine rings is 1. The van der Waals surface area contributed by atoms with Gasteiger partial charge in [-0.1, -0.05) is 24.6 Å². The Kier molecular flexibility index (Phi) is 4.99. The van der Waals surface area contributed by atoms with E-state index < -0.39 is 0 Å². The van der Waals surface area contributed by atoms with Crippen LogP contribution in [-0.4, -0.2) is 11.5 Å². The maximum absolute atomic E-state index is 6.14. The zero-order valence-corrected chi connectivity index (χ0v) is 12.8. The zero-order chi connectivity index (χ0) is 14.5. The summed E-state index contributed by atoms with van der Waals surface area (Å²) < 4.78 is 5.76. The topological polar surface area (TPSA) is 34.1 Å². The molecule has 3 nitrogen and oxygen atoms in total. The van der Waals surface area contributed by atoms with Crippen LogP contribution >= 0.6 is 11.6 Å². The van der Waals surface area contributed by atoms with Gasteiger partial charge in [-0.3, -0.25) is 0 Å². The summed E-state index contributed by atoms with van der Waals surface area (Å²) in [6, 6.07) is 7.74. The van der Waals surface area contributed by atoms with Crippen molar-refractivity contribution in [3.63, 3.8) is 0 Å². The summed E-state index contributed by atoms with van der Waals surface area (Å²) in [6.07, 6.45) is 1.83. The van der Waals surface area contributed by atoms with Crippen LogP contribution in [-0.2, 0) is 6.54 Å². The number of nitrogens with one attached hydrogen (secondary N) is 1. The van der Waals surface area contributed by atoms with E-state index in [1.54, 1.807) is 0 Å². The number of benzene rings is 1. The average molecular weight is 291 g/mol. The second-order valence-corrected chi connectivity index (χ2v) is 5.14. The lowest BCUT2D eigenvalue weighted by atomic mass is 10.1. The molecule has 0 aliphatic rings. The van der Waals surface area contributed by atoms with Gasteiger partial charge < -0.3 is 10.1 Å². The van der Waals surface area contributed by atoms with Crippen LogP contribution in [0.25, 0.3) is 0 Å². The van der Waals surface area contributed by atoms with Gasteiger partial charge in [-0.05, 0) is 49.2 Å². The quantitative estimate of drug-likeness (QED) is 0.894. The molecule has 1 aromatic heterocycles. The molecule has 1 heterocycles. The van der Waals surface area contributed by atoms with Crippen molar-refractivity contribution < 1.29 is 4.74 Å². The van der Waals surface area contributed by atoms with Gasteiger partial charge in [0.1, 0.15) is 5.75 Å². The smallest absolute Gasteiger partial charge is 0.219 e. The molecule has 0 fully saturated rings. The molecule has 0 spiro atoms. The highest BCUT2D eigenvalue weighted by molar-refractivity contribution is 6.32. The minimum Gasteiger partial charge on any atom is -0.439 e. The third-order valence-electron chi connectivity index (χ3n) is 3.01. The molecule has 1 aromatic carbocycles. The molecule has 0 atom stereocenters. The van der Waals surface area contributed by atoms with Crippen molar-refractivity contribution in [2.75, 3.05) is 6.54 Å². The normalized spacial score (nSPS) is 10.6. The van der Waals surface area contributed by atoms with E-state index in [2.05, 4.69) is 17.2 Å². The van der Waals surface area contributed by atoms with E-state index in [4.69, 9.17) is 16.3 Å². The Balaban J connectivity index is 2.10. The summed E-state index contributed by atoms with van der Waals surface area (Å²) >= 11 is 6.14. The number of ether oxygens (including phenoxy) is 1. The third-order valence-corrected chi connectivity index (χ3v) is 3.61. The number of rotatable bonds is 5. The highest BCUT2D eigenvalue weighted by Gasteiger charge is 2.05. The van der Waals surface area contributed by atoms with Crippen LogP contribution < -0.4 is 10.1 Å². The Bertz CT molecular complexity index is 559. The van der Waals surface area contributed by atoms with Crippen molar-refractivity contribution in [3.05, 3.63) is 52.2 Å². The van der Waals surface area contributed by atoms with E-state index in [1.807, 2.05) is 44.3 Å². The van der Waals surface area contributed by atoms with Gasteiger partial charge in [0.05, 0.1) is 0 Å². The Morgan fingerprint density at radius 1 is 1.20 bits per heavy atom. The third kappa shape index (κ3) is 3.71. The van der Waals surface area contributed by atoms with E-state index in [9.17, 15) is 0 Å². The van der Waals surface area contributed by atoms with E-state index >= 15 is 0 Å². The lowest BCUT2D eigenvalue weighted by molar-refractivity contribution is 0.461. The van der Waals surface area contributed by atoms with Gasteiger partial charge in [0.2, 0.25) is 5.88 Å². The Morgan fingerprint density at radius 2 is 1.90 bits per heavy atom. The molecule has 0 amide bonds. The molecule has 0 bridgehead atoms. The predicted octanol–water partition coefficient (Wildman–Crippen LogP) is 4.25. The number of hydrogen-bond acceptors (Lipinski definition) is 3. The molecular weight excluding hydrogens is 272 g/mol. The molecule has 0 saturated carbocycles. The minimum absolute atomic E-state index is 0.589.